The van der Waals surface area contributed by atoms with E-state index in [0.717, 1.165) is 6.20 Å². The van der Waals surface area contributed by atoms with Gasteiger partial charge >= 0.3 is 5.97 Å². The van der Waals surface area contributed by atoms with Gasteiger partial charge < -0.3 is 10.4 Å². The zero-order valence-corrected chi connectivity index (χ0v) is 9.36. The highest BCUT2D eigenvalue weighted by Gasteiger charge is 2.18. The van der Waals surface area contributed by atoms with E-state index in [2.05, 4.69) is 20.4 Å². The molecule has 0 aromatic carbocycles. The molecule has 0 fully saturated rings. The molecule has 2 rings (SSSR count). The van der Waals surface area contributed by atoms with Gasteiger partial charge in [-0.2, -0.15) is 5.10 Å². The monoisotopic (exact) mass is 247 g/mol. The lowest BCUT2D eigenvalue weighted by Crippen LogP contribution is -2.18. The van der Waals surface area contributed by atoms with Crippen LogP contribution in [0.3, 0.4) is 0 Å². The predicted octanol–water partition coefficient (Wildman–Crippen LogP) is 0.161. The van der Waals surface area contributed by atoms with Gasteiger partial charge in [-0.05, 0) is 0 Å². The fourth-order valence-electron chi connectivity index (χ4n) is 1.33. The van der Waals surface area contributed by atoms with Crippen LogP contribution in [0.25, 0.3) is 0 Å². The van der Waals surface area contributed by atoms with Crippen molar-refractivity contribution in [3.05, 3.63) is 36.0 Å². The number of carboxylic acid groups (broad SMARTS) is 1. The van der Waals surface area contributed by atoms with E-state index in [9.17, 15) is 9.59 Å². The minimum absolute atomic E-state index is 0.0882. The molecule has 0 aliphatic heterocycles. The Kier molecular flexibility index (Phi) is 3.00. The number of aromatic carboxylic acids is 1. The summed E-state index contributed by atoms with van der Waals surface area (Å²) in [6.07, 6.45) is 5.25. The molecule has 2 heterocycles. The minimum atomic E-state index is -1.17. The van der Waals surface area contributed by atoms with Crippen molar-refractivity contribution in [1.29, 1.82) is 0 Å². The van der Waals surface area contributed by atoms with Gasteiger partial charge in [0.1, 0.15) is 17.1 Å². The first-order chi connectivity index (χ1) is 8.59. The molecule has 0 aliphatic carbocycles. The Labute approximate surface area is 101 Å². The van der Waals surface area contributed by atoms with E-state index >= 15 is 0 Å². The molecule has 0 saturated carbocycles. The Morgan fingerprint density at radius 3 is 2.72 bits per heavy atom. The number of nitrogens with zero attached hydrogens (tertiary/aromatic N) is 4. The van der Waals surface area contributed by atoms with Gasteiger partial charge in [0.15, 0.2) is 0 Å². The number of hydrogen-bond acceptors (Lipinski definition) is 5. The molecule has 0 saturated heterocycles. The number of aryl methyl sites for hydroxylation is 1. The summed E-state index contributed by atoms with van der Waals surface area (Å²) in [5, 5.41) is 15.1. The third-order valence-electron chi connectivity index (χ3n) is 2.20. The van der Waals surface area contributed by atoms with E-state index in [1.807, 2.05) is 0 Å². The number of hydrogen-bond donors (Lipinski definition) is 2. The van der Waals surface area contributed by atoms with E-state index in [-0.39, 0.29) is 17.1 Å². The molecule has 0 atom stereocenters. The maximum Gasteiger partial charge on any atom is 0.341 e. The van der Waals surface area contributed by atoms with Crippen molar-refractivity contribution < 1.29 is 14.7 Å². The Hall–Kier alpha value is -2.77. The van der Waals surface area contributed by atoms with Crippen LogP contribution in [0.5, 0.6) is 0 Å². The number of aromatic nitrogens is 4. The predicted molar refractivity (Wildman–Crippen MR) is 60.2 cm³/mol. The SMILES string of the molecule is Cn1ncc(C(=O)O)c1NC(=O)c1cnccn1. The Bertz CT molecular complexity index is 593. The van der Waals surface area contributed by atoms with Gasteiger partial charge in [0, 0.05) is 19.4 Å². The van der Waals surface area contributed by atoms with Gasteiger partial charge in [-0.3, -0.25) is 14.5 Å². The van der Waals surface area contributed by atoms with Gasteiger partial charge in [0.2, 0.25) is 0 Å². The smallest absolute Gasteiger partial charge is 0.341 e. The van der Waals surface area contributed by atoms with Gasteiger partial charge in [0.05, 0.1) is 12.4 Å². The van der Waals surface area contributed by atoms with Crippen molar-refractivity contribution in [2.45, 2.75) is 0 Å². The largest absolute Gasteiger partial charge is 0.477 e. The highest BCUT2D eigenvalue weighted by atomic mass is 16.4. The van der Waals surface area contributed by atoms with Crippen molar-refractivity contribution in [2.75, 3.05) is 5.32 Å². The molecular formula is C10H9N5O3. The average Bonchev–Trinajstić information content (AvgIpc) is 2.72. The summed E-state index contributed by atoms with van der Waals surface area (Å²) in [7, 11) is 1.53. The third kappa shape index (κ3) is 2.17. The number of nitrogens with one attached hydrogen (secondary N) is 1. The molecule has 2 aromatic heterocycles. The van der Waals surface area contributed by atoms with E-state index in [4.69, 9.17) is 5.11 Å². The van der Waals surface area contributed by atoms with Crippen molar-refractivity contribution in [3.63, 3.8) is 0 Å². The van der Waals surface area contributed by atoms with E-state index in [0.29, 0.717) is 0 Å². The van der Waals surface area contributed by atoms with Gasteiger partial charge in [0.25, 0.3) is 5.91 Å². The first-order valence-corrected chi connectivity index (χ1v) is 4.92. The van der Waals surface area contributed by atoms with Crippen LogP contribution in [-0.2, 0) is 7.05 Å². The first-order valence-electron chi connectivity index (χ1n) is 4.92. The maximum atomic E-state index is 11.8. The van der Waals surface area contributed by atoms with Gasteiger partial charge in [-0.15, -0.1) is 0 Å². The Morgan fingerprint density at radius 2 is 2.11 bits per heavy atom. The fourth-order valence-corrected chi connectivity index (χ4v) is 1.33. The third-order valence-corrected chi connectivity index (χ3v) is 2.20. The van der Waals surface area contributed by atoms with Gasteiger partial charge in [-0.25, -0.2) is 9.78 Å². The summed E-state index contributed by atoms with van der Waals surface area (Å²) in [5.74, 6) is -1.62. The number of anilines is 1. The molecule has 8 nitrogen and oxygen atoms in total. The molecule has 18 heavy (non-hydrogen) atoms. The van der Waals surface area contributed by atoms with Crippen LogP contribution in [0.2, 0.25) is 0 Å². The second-order valence-electron chi connectivity index (χ2n) is 3.38. The lowest BCUT2D eigenvalue weighted by atomic mass is 10.3. The van der Waals surface area contributed by atoms with Crippen molar-refractivity contribution in [2.24, 2.45) is 7.05 Å². The van der Waals surface area contributed by atoms with Crippen LogP contribution in [0, 0.1) is 0 Å². The molecule has 2 N–H and O–H groups in total. The fraction of sp³-hybridized carbons (Fsp3) is 0.100. The molecule has 0 radical (unpaired) electrons. The van der Waals surface area contributed by atoms with E-state index in [1.54, 1.807) is 0 Å². The summed E-state index contributed by atoms with van der Waals surface area (Å²) in [6, 6.07) is 0. The summed E-state index contributed by atoms with van der Waals surface area (Å²) < 4.78 is 1.26. The van der Waals surface area contributed by atoms with Crippen molar-refractivity contribution in [1.82, 2.24) is 19.7 Å². The molecule has 0 spiro atoms. The molecule has 0 aliphatic rings. The number of carboxylic acids is 1. The highest BCUT2D eigenvalue weighted by molar-refractivity contribution is 6.05. The number of carbonyl (C=O) groups excluding carboxylic acids is 1. The van der Waals surface area contributed by atoms with Crippen LogP contribution < -0.4 is 5.32 Å². The average molecular weight is 247 g/mol. The summed E-state index contributed by atoms with van der Waals surface area (Å²) in [6.45, 7) is 0. The zero-order valence-electron chi connectivity index (χ0n) is 9.36. The quantitative estimate of drug-likeness (QED) is 0.799. The van der Waals surface area contributed by atoms with Crippen LogP contribution in [0.1, 0.15) is 20.8 Å². The van der Waals surface area contributed by atoms with Crippen LogP contribution in [-0.4, -0.2) is 36.7 Å². The van der Waals surface area contributed by atoms with Crippen LogP contribution >= 0.6 is 0 Å². The molecule has 0 unspecified atom stereocenters. The zero-order chi connectivity index (χ0) is 13.1. The van der Waals surface area contributed by atoms with Crippen LogP contribution in [0.15, 0.2) is 24.8 Å². The Morgan fingerprint density at radius 1 is 1.33 bits per heavy atom. The molecule has 8 heteroatoms. The number of amides is 1. The Balaban J connectivity index is 2.27. The van der Waals surface area contributed by atoms with Crippen LogP contribution in [0.4, 0.5) is 5.82 Å². The standard InChI is InChI=1S/C10H9N5O3/c1-15-8(6(4-13-15)10(17)18)14-9(16)7-5-11-2-3-12-7/h2-5H,1H3,(H,14,16)(H,17,18). The highest BCUT2D eigenvalue weighted by Crippen LogP contribution is 2.14. The van der Waals surface area contributed by atoms with E-state index < -0.39 is 11.9 Å². The second kappa shape index (κ2) is 4.62. The number of carbonyl (C=O) groups is 2. The molecule has 1 amide bonds. The second-order valence-corrected chi connectivity index (χ2v) is 3.38. The first kappa shape index (κ1) is 11.7. The van der Waals surface area contributed by atoms with Crippen molar-refractivity contribution in [3.8, 4) is 0 Å². The molecule has 92 valence electrons. The maximum absolute atomic E-state index is 11.8. The minimum Gasteiger partial charge on any atom is -0.477 e. The topological polar surface area (TPSA) is 110 Å². The van der Waals surface area contributed by atoms with E-state index in [1.165, 1.54) is 30.3 Å². The number of rotatable bonds is 3. The lowest BCUT2D eigenvalue weighted by molar-refractivity contribution is 0.0698. The summed E-state index contributed by atoms with van der Waals surface area (Å²) >= 11 is 0. The summed E-state index contributed by atoms with van der Waals surface area (Å²) in [4.78, 5) is 30.3. The van der Waals surface area contributed by atoms with Gasteiger partial charge in [-0.1, -0.05) is 0 Å². The normalized spacial score (nSPS) is 10.1. The lowest BCUT2D eigenvalue weighted by Gasteiger charge is -2.05. The molecular weight excluding hydrogens is 238 g/mol. The van der Waals surface area contributed by atoms with Crippen molar-refractivity contribution >= 4 is 17.7 Å². The molecule has 0 bridgehead atoms. The summed E-state index contributed by atoms with van der Waals surface area (Å²) in [5.41, 5.74) is 0.00443. The molecule has 2 aromatic rings.